The number of halogens is 1. The monoisotopic (exact) mass is 458 g/mol. The molecular formula is C23H27BrN2O3. The van der Waals surface area contributed by atoms with Gasteiger partial charge in [0.25, 0.3) is 0 Å². The van der Waals surface area contributed by atoms with Crippen LogP contribution in [-0.2, 0) is 26.2 Å². The molecule has 1 aliphatic heterocycles. The zero-order valence-electron chi connectivity index (χ0n) is 16.9. The lowest BCUT2D eigenvalue weighted by molar-refractivity contribution is -0.142. The van der Waals surface area contributed by atoms with Gasteiger partial charge in [-0.05, 0) is 48.6 Å². The van der Waals surface area contributed by atoms with Gasteiger partial charge in [0.2, 0.25) is 11.8 Å². The van der Waals surface area contributed by atoms with Gasteiger partial charge in [0.05, 0.1) is 12.0 Å². The standard InChI is InChI=1S/C23H27BrN2O3/c1-3-17-6-4-5-7-20(17)25-21(27)16-26(2)22(28)23(12-14-29-15-13-23)18-8-10-19(24)11-9-18/h4-11H,3,12-16H2,1-2H3,(H,25,27). The van der Waals surface area contributed by atoms with Crippen molar-refractivity contribution in [2.45, 2.75) is 31.6 Å². The zero-order chi connectivity index (χ0) is 20.9. The SMILES string of the molecule is CCc1ccccc1NC(=O)CN(C)C(=O)C1(c2ccc(Br)cc2)CCOCC1. The number of aryl methyl sites for hydroxylation is 1. The first kappa shape index (κ1) is 21.5. The van der Waals surface area contributed by atoms with Gasteiger partial charge < -0.3 is 15.0 Å². The van der Waals surface area contributed by atoms with Gasteiger partial charge in [-0.15, -0.1) is 0 Å². The number of rotatable bonds is 6. The van der Waals surface area contributed by atoms with Crippen LogP contribution < -0.4 is 5.32 Å². The van der Waals surface area contributed by atoms with Crippen LogP contribution in [0.25, 0.3) is 0 Å². The summed E-state index contributed by atoms with van der Waals surface area (Å²) in [6, 6.07) is 15.6. The summed E-state index contributed by atoms with van der Waals surface area (Å²) in [6.07, 6.45) is 2.05. The first-order valence-corrected chi connectivity index (χ1v) is 10.7. The van der Waals surface area contributed by atoms with Crippen molar-refractivity contribution in [2.75, 3.05) is 32.1 Å². The topological polar surface area (TPSA) is 58.6 Å². The van der Waals surface area contributed by atoms with Crippen LogP contribution in [0.4, 0.5) is 5.69 Å². The highest BCUT2D eigenvalue weighted by Gasteiger charge is 2.43. The number of anilines is 1. The number of hydrogen-bond acceptors (Lipinski definition) is 3. The molecule has 2 aromatic carbocycles. The summed E-state index contributed by atoms with van der Waals surface area (Å²) in [5.74, 6) is -0.234. The second kappa shape index (κ2) is 9.55. The summed E-state index contributed by atoms with van der Waals surface area (Å²) in [5.41, 5.74) is 2.19. The maximum absolute atomic E-state index is 13.5. The molecule has 0 spiro atoms. The van der Waals surface area contributed by atoms with Crippen LogP contribution in [0, 0.1) is 0 Å². The second-order valence-corrected chi connectivity index (χ2v) is 8.34. The van der Waals surface area contributed by atoms with Gasteiger partial charge in [-0.2, -0.15) is 0 Å². The van der Waals surface area contributed by atoms with E-state index in [9.17, 15) is 9.59 Å². The summed E-state index contributed by atoms with van der Waals surface area (Å²) in [7, 11) is 1.70. The molecule has 29 heavy (non-hydrogen) atoms. The first-order chi connectivity index (χ1) is 14.0. The minimum absolute atomic E-state index is 0.00994. The third-order valence-corrected chi connectivity index (χ3v) is 6.08. The van der Waals surface area contributed by atoms with Crippen LogP contribution in [0.3, 0.4) is 0 Å². The van der Waals surface area contributed by atoms with E-state index in [2.05, 4.69) is 21.2 Å². The van der Waals surface area contributed by atoms with E-state index in [1.165, 1.54) is 4.90 Å². The summed E-state index contributed by atoms with van der Waals surface area (Å²) in [6.45, 7) is 3.13. The van der Waals surface area contributed by atoms with Gasteiger partial charge in [-0.1, -0.05) is 53.2 Å². The van der Waals surface area contributed by atoms with Gasteiger partial charge in [0, 0.05) is 30.4 Å². The average molecular weight is 459 g/mol. The lowest BCUT2D eigenvalue weighted by atomic mass is 9.73. The molecule has 1 heterocycles. The van der Waals surface area contributed by atoms with Gasteiger partial charge in [0.1, 0.15) is 0 Å². The van der Waals surface area contributed by atoms with Crippen LogP contribution in [-0.4, -0.2) is 43.5 Å². The van der Waals surface area contributed by atoms with E-state index < -0.39 is 5.41 Å². The van der Waals surface area contributed by atoms with Gasteiger partial charge in [-0.3, -0.25) is 9.59 Å². The van der Waals surface area contributed by atoms with Crippen LogP contribution in [0.5, 0.6) is 0 Å². The molecule has 0 aliphatic carbocycles. The van der Waals surface area contributed by atoms with Crippen LogP contribution in [0.2, 0.25) is 0 Å². The van der Waals surface area contributed by atoms with E-state index in [-0.39, 0.29) is 18.4 Å². The maximum Gasteiger partial charge on any atom is 0.243 e. The van der Waals surface area contributed by atoms with Crippen molar-refractivity contribution in [3.05, 3.63) is 64.1 Å². The summed E-state index contributed by atoms with van der Waals surface area (Å²) in [4.78, 5) is 27.7. The zero-order valence-corrected chi connectivity index (χ0v) is 18.5. The number of ether oxygens (including phenoxy) is 1. The van der Waals surface area contributed by atoms with Gasteiger partial charge >= 0.3 is 0 Å². The third-order valence-electron chi connectivity index (χ3n) is 5.55. The fourth-order valence-corrected chi connectivity index (χ4v) is 4.17. The molecule has 1 saturated heterocycles. The van der Waals surface area contributed by atoms with Crippen molar-refractivity contribution in [2.24, 2.45) is 0 Å². The average Bonchev–Trinajstić information content (AvgIpc) is 2.74. The van der Waals surface area contributed by atoms with Crippen molar-refractivity contribution >= 4 is 33.4 Å². The number of para-hydroxylation sites is 1. The number of nitrogens with one attached hydrogen (secondary N) is 1. The summed E-state index contributed by atoms with van der Waals surface area (Å²) >= 11 is 3.46. The Morgan fingerprint density at radius 1 is 1.10 bits per heavy atom. The Morgan fingerprint density at radius 3 is 2.41 bits per heavy atom. The molecule has 1 aliphatic rings. The number of benzene rings is 2. The molecule has 3 rings (SSSR count). The lowest BCUT2D eigenvalue weighted by Crippen LogP contribution is -2.50. The van der Waals surface area contributed by atoms with Gasteiger partial charge in [0.15, 0.2) is 0 Å². The Kier molecular flexibility index (Phi) is 7.09. The number of nitrogens with zero attached hydrogens (tertiary/aromatic N) is 1. The molecule has 0 radical (unpaired) electrons. The molecule has 6 heteroatoms. The minimum atomic E-state index is -0.657. The van der Waals surface area contributed by atoms with E-state index in [1.807, 2.05) is 55.5 Å². The molecule has 1 N–H and O–H groups in total. The number of likely N-dealkylation sites (N-methyl/N-ethyl adjacent to an activating group) is 1. The first-order valence-electron chi connectivity index (χ1n) is 9.93. The maximum atomic E-state index is 13.5. The summed E-state index contributed by atoms with van der Waals surface area (Å²) in [5, 5.41) is 2.95. The number of carbonyl (C=O) groups is 2. The highest BCUT2D eigenvalue weighted by atomic mass is 79.9. The number of amides is 2. The highest BCUT2D eigenvalue weighted by molar-refractivity contribution is 9.10. The fraction of sp³-hybridized carbons (Fsp3) is 0.391. The molecule has 0 unspecified atom stereocenters. The molecule has 0 atom stereocenters. The molecule has 0 saturated carbocycles. The van der Waals surface area contributed by atoms with Crippen LogP contribution in [0.15, 0.2) is 53.0 Å². The molecule has 2 amide bonds. The minimum Gasteiger partial charge on any atom is -0.381 e. The summed E-state index contributed by atoms with van der Waals surface area (Å²) < 4.78 is 6.50. The van der Waals surface area contributed by atoms with Crippen molar-refractivity contribution in [3.63, 3.8) is 0 Å². The van der Waals surface area contributed by atoms with Crippen molar-refractivity contribution < 1.29 is 14.3 Å². The number of hydrogen-bond donors (Lipinski definition) is 1. The third kappa shape index (κ3) is 4.87. The molecular weight excluding hydrogens is 432 g/mol. The smallest absolute Gasteiger partial charge is 0.243 e. The largest absolute Gasteiger partial charge is 0.381 e. The predicted molar refractivity (Wildman–Crippen MR) is 118 cm³/mol. The molecule has 154 valence electrons. The van der Waals surface area contributed by atoms with E-state index in [4.69, 9.17) is 4.74 Å². The quantitative estimate of drug-likeness (QED) is 0.706. The lowest BCUT2D eigenvalue weighted by Gasteiger charge is -2.39. The van der Waals surface area contributed by atoms with E-state index in [0.717, 1.165) is 27.7 Å². The van der Waals surface area contributed by atoms with E-state index in [1.54, 1.807) is 7.05 Å². The van der Waals surface area contributed by atoms with Crippen LogP contribution >= 0.6 is 15.9 Å². The Bertz CT molecular complexity index is 861. The fourth-order valence-electron chi connectivity index (χ4n) is 3.91. The number of carbonyl (C=O) groups excluding carboxylic acids is 2. The molecule has 0 bridgehead atoms. The molecule has 5 nitrogen and oxygen atoms in total. The van der Waals surface area contributed by atoms with Crippen LogP contribution in [0.1, 0.15) is 30.9 Å². The van der Waals surface area contributed by atoms with Crippen molar-refractivity contribution in [3.8, 4) is 0 Å². The van der Waals surface area contributed by atoms with E-state index >= 15 is 0 Å². The predicted octanol–water partition coefficient (Wildman–Crippen LogP) is 4.16. The molecule has 2 aromatic rings. The van der Waals surface area contributed by atoms with Crippen molar-refractivity contribution in [1.29, 1.82) is 0 Å². The van der Waals surface area contributed by atoms with Gasteiger partial charge in [-0.25, -0.2) is 0 Å². The normalized spacial score (nSPS) is 15.6. The second-order valence-electron chi connectivity index (χ2n) is 7.42. The van der Waals surface area contributed by atoms with Crippen molar-refractivity contribution in [1.82, 2.24) is 4.90 Å². The highest BCUT2D eigenvalue weighted by Crippen LogP contribution is 2.37. The molecule has 0 aromatic heterocycles. The molecule has 1 fully saturated rings. The Hall–Kier alpha value is -2.18. The van der Waals surface area contributed by atoms with E-state index in [0.29, 0.717) is 26.1 Å². The Labute approximate surface area is 180 Å². The Balaban J connectivity index is 1.75. The Morgan fingerprint density at radius 2 is 1.76 bits per heavy atom.